The molecule has 138 valence electrons. The fourth-order valence-electron chi connectivity index (χ4n) is 3.49. The number of para-hydroxylation sites is 1. The number of carbonyl (C=O) groups is 2. The summed E-state index contributed by atoms with van der Waals surface area (Å²) in [5.41, 5.74) is 3.40. The second kappa shape index (κ2) is 6.91. The third-order valence-corrected chi connectivity index (χ3v) is 5.00. The van der Waals surface area contributed by atoms with Crippen molar-refractivity contribution in [2.75, 3.05) is 19.6 Å². The molecule has 2 heterocycles. The monoisotopic (exact) mass is 362 g/mol. The second-order valence-corrected chi connectivity index (χ2v) is 7.11. The standard InChI is InChI=1S/C22H22N2O3/c1-15-6-8-17(9-7-15)13-23-10-11-24(14-20(23)25)22(26)19-5-3-4-18-12-16(2)27-21(18)19/h3-9,12H,10-11,13-14H2,1-2H3. The van der Waals surface area contributed by atoms with E-state index in [9.17, 15) is 9.59 Å². The van der Waals surface area contributed by atoms with Gasteiger partial charge in [0.1, 0.15) is 17.9 Å². The third-order valence-electron chi connectivity index (χ3n) is 5.00. The molecule has 1 aliphatic heterocycles. The van der Waals surface area contributed by atoms with Gasteiger partial charge in [-0.25, -0.2) is 0 Å². The zero-order chi connectivity index (χ0) is 19.0. The largest absolute Gasteiger partial charge is 0.461 e. The Balaban J connectivity index is 1.48. The van der Waals surface area contributed by atoms with E-state index in [1.807, 2.05) is 61.2 Å². The van der Waals surface area contributed by atoms with Gasteiger partial charge in [0.2, 0.25) is 5.91 Å². The van der Waals surface area contributed by atoms with Crippen molar-refractivity contribution in [3.63, 3.8) is 0 Å². The van der Waals surface area contributed by atoms with Crippen LogP contribution in [-0.2, 0) is 11.3 Å². The Morgan fingerprint density at radius 1 is 1.07 bits per heavy atom. The van der Waals surface area contributed by atoms with Crippen molar-refractivity contribution in [3.8, 4) is 0 Å². The molecule has 0 spiro atoms. The van der Waals surface area contributed by atoms with Crippen LogP contribution in [0.15, 0.2) is 52.9 Å². The molecule has 1 aliphatic rings. The number of piperazine rings is 1. The van der Waals surface area contributed by atoms with Crippen LogP contribution in [0.4, 0.5) is 0 Å². The van der Waals surface area contributed by atoms with Gasteiger partial charge < -0.3 is 14.2 Å². The zero-order valence-electron chi connectivity index (χ0n) is 15.6. The highest BCUT2D eigenvalue weighted by atomic mass is 16.3. The van der Waals surface area contributed by atoms with E-state index in [1.165, 1.54) is 5.56 Å². The van der Waals surface area contributed by atoms with E-state index in [-0.39, 0.29) is 18.4 Å². The van der Waals surface area contributed by atoms with Crippen molar-refractivity contribution in [1.82, 2.24) is 9.80 Å². The van der Waals surface area contributed by atoms with Crippen LogP contribution in [0.5, 0.6) is 0 Å². The predicted octanol–water partition coefficient (Wildman–Crippen LogP) is 3.53. The number of fused-ring (bicyclic) bond motifs is 1. The number of hydrogen-bond donors (Lipinski definition) is 0. The molecule has 0 saturated carbocycles. The maximum absolute atomic E-state index is 13.0. The number of rotatable bonds is 3. The van der Waals surface area contributed by atoms with Gasteiger partial charge in [0.25, 0.3) is 5.91 Å². The summed E-state index contributed by atoms with van der Waals surface area (Å²) in [6, 6.07) is 15.6. The number of carbonyl (C=O) groups excluding carboxylic acids is 2. The fraction of sp³-hybridized carbons (Fsp3) is 0.273. The first kappa shape index (κ1) is 17.3. The average molecular weight is 362 g/mol. The van der Waals surface area contributed by atoms with Crippen LogP contribution in [-0.4, -0.2) is 41.2 Å². The molecule has 1 fully saturated rings. The first-order valence-corrected chi connectivity index (χ1v) is 9.13. The zero-order valence-corrected chi connectivity index (χ0v) is 15.6. The lowest BCUT2D eigenvalue weighted by atomic mass is 10.1. The van der Waals surface area contributed by atoms with Crippen LogP contribution in [0.2, 0.25) is 0 Å². The van der Waals surface area contributed by atoms with Crippen LogP contribution >= 0.6 is 0 Å². The van der Waals surface area contributed by atoms with Crippen molar-refractivity contribution >= 4 is 22.8 Å². The molecule has 0 atom stereocenters. The van der Waals surface area contributed by atoms with Gasteiger partial charge in [-0.05, 0) is 31.5 Å². The Bertz CT molecular complexity index is 1000. The lowest BCUT2D eigenvalue weighted by Gasteiger charge is -2.34. The lowest BCUT2D eigenvalue weighted by Crippen LogP contribution is -2.51. The van der Waals surface area contributed by atoms with Crippen molar-refractivity contribution < 1.29 is 14.0 Å². The molecule has 5 nitrogen and oxygen atoms in total. The summed E-state index contributed by atoms with van der Waals surface area (Å²) in [5, 5.41) is 0.905. The Morgan fingerprint density at radius 2 is 1.85 bits per heavy atom. The Morgan fingerprint density at radius 3 is 2.59 bits per heavy atom. The van der Waals surface area contributed by atoms with E-state index < -0.39 is 0 Å². The maximum Gasteiger partial charge on any atom is 0.258 e. The van der Waals surface area contributed by atoms with Crippen molar-refractivity contribution in [3.05, 3.63) is 71.0 Å². The van der Waals surface area contributed by atoms with Crippen molar-refractivity contribution in [2.24, 2.45) is 0 Å². The number of hydrogen-bond acceptors (Lipinski definition) is 3. The van der Waals surface area contributed by atoms with E-state index in [1.54, 1.807) is 11.0 Å². The first-order chi connectivity index (χ1) is 13.0. The predicted molar refractivity (Wildman–Crippen MR) is 103 cm³/mol. The highest BCUT2D eigenvalue weighted by molar-refractivity contribution is 6.06. The summed E-state index contributed by atoms with van der Waals surface area (Å²) in [5.74, 6) is 0.584. The number of benzene rings is 2. The van der Waals surface area contributed by atoms with Crippen LogP contribution in [0.25, 0.3) is 11.0 Å². The summed E-state index contributed by atoms with van der Waals surface area (Å²) in [6.07, 6.45) is 0. The quantitative estimate of drug-likeness (QED) is 0.716. The third kappa shape index (κ3) is 3.45. The minimum absolute atomic E-state index is 0.0297. The molecule has 0 radical (unpaired) electrons. The van der Waals surface area contributed by atoms with E-state index in [2.05, 4.69) is 0 Å². The molecule has 27 heavy (non-hydrogen) atoms. The van der Waals surface area contributed by atoms with Gasteiger partial charge in [0.15, 0.2) is 0 Å². The number of furan rings is 1. The van der Waals surface area contributed by atoms with Crippen LogP contribution in [0.3, 0.4) is 0 Å². The lowest BCUT2D eigenvalue weighted by molar-refractivity contribution is -0.135. The molecule has 0 N–H and O–H groups in total. The summed E-state index contributed by atoms with van der Waals surface area (Å²) < 4.78 is 5.70. The molecule has 3 aromatic rings. The first-order valence-electron chi connectivity index (χ1n) is 9.13. The average Bonchev–Trinajstić information content (AvgIpc) is 3.04. The summed E-state index contributed by atoms with van der Waals surface area (Å²) in [4.78, 5) is 29.0. The molecule has 0 bridgehead atoms. The molecule has 2 aromatic carbocycles. The molecule has 4 rings (SSSR count). The minimum Gasteiger partial charge on any atom is -0.461 e. The maximum atomic E-state index is 13.0. The fourth-order valence-corrected chi connectivity index (χ4v) is 3.49. The minimum atomic E-state index is -0.154. The smallest absolute Gasteiger partial charge is 0.258 e. The van der Waals surface area contributed by atoms with Crippen molar-refractivity contribution in [2.45, 2.75) is 20.4 Å². The van der Waals surface area contributed by atoms with E-state index in [4.69, 9.17) is 4.42 Å². The van der Waals surface area contributed by atoms with Gasteiger partial charge in [-0.15, -0.1) is 0 Å². The topological polar surface area (TPSA) is 53.8 Å². The summed E-state index contributed by atoms with van der Waals surface area (Å²) in [7, 11) is 0. The summed E-state index contributed by atoms with van der Waals surface area (Å²) >= 11 is 0. The van der Waals surface area contributed by atoms with Gasteiger partial charge >= 0.3 is 0 Å². The van der Waals surface area contributed by atoms with E-state index in [0.29, 0.717) is 30.8 Å². The van der Waals surface area contributed by atoms with Crippen molar-refractivity contribution in [1.29, 1.82) is 0 Å². The number of nitrogens with zero attached hydrogens (tertiary/aromatic N) is 2. The second-order valence-electron chi connectivity index (χ2n) is 7.11. The molecule has 2 amide bonds. The number of aryl methyl sites for hydroxylation is 2. The normalized spacial score (nSPS) is 14.8. The highest BCUT2D eigenvalue weighted by Crippen LogP contribution is 2.24. The van der Waals surface area contributed by atoms with Crippen LogP contribution in [0, 0.1) is 13.8 Å². The molecule has 5 heteroatoms. The van der Waals surface area contributed by atoms with E-state index >= 15 is 0 Å². The van der Waals surface area contributed by atoms with Gasteiger partial charge in [-0.1, -0.05) is 42.0 Å². The Labute approximate surface area is 158 Å². The van der Waals surface area contributed by atoms with Crippen LogP contribution < -0.4 is 0 Å². The van der Waals surface area contributed by atoms with Gasteiger partial charge in [-0.3, -0.25) is 9.59 Å². The molecular formula is C22H22N2O3. The molecule has 0 unspecified atom stereocenters. The summed E-state index contributed by atoms with van der Waals surface area (Å²) in [6.45, 7) is 5.63. The van der Waals surface area contributed by atoms with Crippen LogP contribution in [0.1, 0.15) is 27.2 Å². The Kier molecular flexibility index (Phi) is 4.44. The SMILES string of the molecule is Cc1ccc(CN2CCN(C(=O)c3cccc4cc(C)oc34)CC2=O)cc1. The van der Waals surface area contributed by atoms with Gasteiger partial charge in [-0.2, -0.15) is 0 Å². The number of amides is 2. The molecular weight excluding hydrogens is 340 g/mol. The molecule has 1 aromatic heterocycles. The highest BCUT2D eigenvalue weighted by Gasteiger charge is 2.29. The van der Waals surface area contributed by atoms with E-state index in [0.717, 1.165) is 16.7 Å². The molecule has 1 saturated heterocycles. The van der Waals surface area contributed by atoms with Gasteiger partial charge in [0, 0.05) is 25.0 Å². The Hall–Kier alpha value is -3.08. The molecule has 0 aliphatic carbocycles. The van der Waals surface area contributed by atoms with Gasteiger partial charge in [0.05, 0.1) is 5.56 Å².